The summed E-state index contributed by atoms with van der Waals surface area (Å²) in [6.45, 7) is 4.80. The highest BCUT2D eigenvalue weighted by Crippen LogP contribution is 2.41. The predicted octanol–water partition coefficient (Wildman–Crippen LogP) is 4.04. The van der Waals surface area contributed by atoms with E-state index < -0.39 is 0 Å². The normalized spacial score (nSPS) is 13.1. The first kappa shape index (κ1) is 16.2. The van der Waals surface area contributed by atoms with Crippen LogP contribution in [0.4, 0.5) is 0 Å². The van der Waals surface area contributed by atoms with Gasteiger partial charge in [0, 0.05) is 40.7 Å². The van der Waals surface area contributed by atoms with Crippen molar-refractivity contribution in [2.45, 2.75) is 26.2 Å². The van der Waals surface area contributed by atoms with Crippen molar-refractivity contribution in [3.8, 4) is 39.2 Å². The van der Waals surface area contributed by atoms with E-state index in [0.29, 0.717) is 18.3 Å². The van der Waals surface area contributed by atoms with Crippen LogP contribution in [0.3, 0.4) is 0 Å². The number of H-pyrrole nitrogens is 2. The molecule has 0 spiro atoms. The molecule has 4 aromatic rings. The van der Waals surface area contributed by atoms with Crippen LogP contribution in [0.25, 0.3) is 33.5 Å². The Morgan fingerprint density at radius 2 is 2.15 bits per heavy atom. The highest BCUT2D eigenvalue weighted by Gasteiger charge is 2.23. The summed E-state index contributed by atoms with van der Waals surface area (Å²) in [6, 6.07) is 6.11. The molecule has 0 bridgehead atoms. The number of imidazole rings is 1. The van der Waals surface area contributed by atoms with E-state index in [-0.39, 0.29) is 0 Å². The van der Waals surface area contributed by atoms with Gasteiger partial charge < -0.3 is 9.72 Å². The van der Waals surface area contributed by atoms with Crippen molar-refractivity contribution >= 4 is 11.3 Å². The van der Waals surface area contributed by atoms with Crippen LogP contribution in [0.15, 0.2) is 30.6 Å². The van der Waals surface area contributed by atoms with Crippen molar-refractivity contribution in [2.75, 3.05) is 6.61 Å². The third kappa shape index (κ3) is 2.82. The number of nitrogens with one attached hydrogen (secondary N) is 2. The summed E-state index contributed by atoms with van der Waals surface area (Å²) in [7, 11) is 0. The van der Waals surface area contributed by atoms with Gasteiger partial charge in [0.1, 0.15) is 17.4 Å². The summed E-state index contributed by atoms with van der Waals surface area (Å²) in [5, 5.41) is 8.19. The Morgan fingerprint density at radius 3 is 2.93 bits per heavy atom. The van der Waals surface area contributed by atoms with E-state index in [1.54, 1.807) is 17.5 Å². The van der Waals surface area contributed by atoms with Crippen molar-refractivity contribution in [2.24, 2.45) is 0 Å². The number of fused-ring (bicyclic) bond motifs is 3. The number of thiazole rings is 1. The van der Waals surface area contributed by atoms with Crippen LogP contribution in [0, 0.1) is 0 Å². The van der Waals surface area contributed by atoms with Crippen molar-refractivity contribution < 1.29 is 4.74 Å². The van der Waals surface area contributed by atoms with Gasteiger partial charge in [0.25, 0.3) is 0 Å². The number of aromatic nitrogens is 6. The molecule has 0 unspecified atom stereocenters. The van der Waals surface area contributed by atoms with Crippen LogP contribution in [0.2, 0.25) is 0 Å². The van der Waals surface area contributed by atoms with Gasteiger partial charge in [-0.3, -0.25) is 5.10 Å². The van der Waals surface area contributed by atoms with Gasteiger partial charge in [-0.2, -0.15) is 5.10 Å². The molecular formula is C19H18N6OS. The Balaban J connectivity index is 1.57. The van der Waals surface area contributed by atoms with Crippen molar-refractivity contribution in [1.82, 2.24) is 30.1 Å². The first-order valence-corrected chi connectivity index (χ1v) is 9.70. The van der Waals surface area contributed by atoms with Crippen molar-refractivity contribution in [3.63, 3.8) is 0 Å². The smallest absolute Gasteiger partial charge is 0.210 e. The molecule has 1 aromatic carbocycles. The van der Waals surface area contributed by atoms with Crippen LogP contribution in [0.5, 0.6) is 5.75 Å². The van der Waals surface area contributed by atoms with E-state index in [9.17, 15) is 0 Å². The minimum atomic E-state index is 0.304. The molecule has 3 aromatic heterocycles. The Labute approximate surface area is 159 Å². The van der Waals surface area contributed by atoms with E-state index in [1.807, 2.05) is 18.3 Å². The number of benzene rings is 1. The summed E-state index contributed by atoms with van der Waals surface area (Å²) < 4.78 is 6.00. The SMILES string of the molecule is CC(C)c1nc(-c2nc3c(s2)CCOc2cc(-c4ncc[nH]4)ccc2-3)n[nH]1. The highest BCUT2D eigenvalue weighted by molar-refractivity contribution is 7.15. The number of rotatable bonds is 3. The number of hydrogen-bond acceptors (Lipinski definition) is 6. The van der Waals surface area contributed by atoms with Crippen LogP contribution >= 0.6 is 11.3 Å². The van der Waals surface area contributed by atoms with E-state index in [2.05, 4.69) is 45.1 Å². The predicted molar refractivity (Wildman–Crippen MR) is 104 cm³/mol. The van der Waals surface area contributed by atoms with Gasteiger partial charge in [0.15, 0.2) is 5.01 Å². The second kappa shape index (κ2) is 6.31. The zero-order chi connectivity index (χ0) is 18.4. The zero-order valence-corrected chi connectivity index (χ0v) is 15.8. The summed E-state index contributed by atoms with van der Waals surface area (Å²) in [4.78, 5) is 18.1. The third-order valence-corrected chi connectivity index (χ3v) is 5.64. The van der Waals surface area contributed by atoms with Gasteiger partial charge in [-0.05, 0) is 12.1 Å². The summed E-state index contributed by atoms with van der Waals surface area (Å²) in [5.74, 6) is 3.50. The molecule has 1 aliphatic rings. The molecule has 1 aliphatic heterocycles. The van der Waals surface area contributed by atoms with E-state index in [4.69, 9.17) is 9.72 Å². The van der Waals surface area contributed by atoms with Crippen LogP contribution in [-0.2, 0) is 6.42 Å². The molecule has 136 valence electrons. The highest BCUT2D eigenvalue weighted by atomic mass is 32.1. The summed E-state index contributed by atoms with van der Waals surface area (Å²) >= 11 is 1.64. The fourth-order valence-electron chi connectivity index (χ4n) is 3.12. The van der Waals surface area contributed by atoms with Crippen molar-refractivity contribution in [1.29, 1.82) is 0 Å². The lowest BCUT2D eigenvalue weighted by atomic mass is 10.1. The average Bonchev–Trinajstić information content (AvgIpc) is 3.41. The Kier molecular flexibility index (Phi) is 3.78. The van der Waals surface area contributed by atoms with Gasteiger partial charge in [-0.25, -0.2) is 15.0 Å². The fourth-order valence-corrected chi connectivity index (χ4v) is 4.11. The molecule has 0 radical (unpaired) electrons. The molecule has 4 heterocycles. The molecule has 0 fully saturated rings. The second-order valence-corrected chi connectivity index (χ2v) is 7.82. The molecule has 0 saturated carbocycles. The molecule has 0 amide bonds. The summed E-state index contributed by atoms with van der Waals surface area (Å²) in [6.07, 6.45) is 4.38. The van der Waals surface area contributed by atoms with Gasteiger partial charge in [0.2, 0.25) is 5.82 Å². The molecule has 2 N–H and O–H groups in total. The Bertz CT molecular complexity index is 1100. The summed E-state index contributed by atoms with van der Waals surface area (Å²) in [5.41, 5.74) is 2.96. The lowest BCUT2D eigenvalue weighted by Crippen LogP contribution is -1.98. The van der Waals surface area contributed by atoms with E-state index in [0.717, 1.165) is 45.6 Å². The number of hydrogen-bond donors (Lipinski definition) is 2. The average molecular weight is 378 g/mol. The molecule has 7 nitrogen and oxygen atoms in total. The monoisotopic (exact) mass is 378 g/mol. The minimum Gasteiger partial charge on any atom is -0.492 e. The quantitative estimate of drug-likeness (QED) is 0.561. The number of aromatic amines is 2. The third-order valence-electron chi connectivity index (χ3n) is 4.53. The number of nitrogens with zero attached hydrogens (tertiary/aromatic N) is 4. The first-order valence-electron chi connectivity index (χ1n) is 8.88. The van der Waals surface area contributed by atoms with Crippen LogP contribution in [-0.4, -0.2) is 36.7 Å². The molecule has 27 heavy (non-hydrogen) atoms. The number of ether oxygens (including phenoxy) is 1. The standard InChI is InChI=1S/C19H18N6OS/c1-10(2)16-23-18(25-24-16)19-22-15-12-4-3-11(17-20-6-7-21-17)9-13(12)26-8-5-14(15)27-19/h3-4,6-7,9-10H,5,8H2,1-2H3,(H,20,21)(H,23,24,25). The van der Waals surface area contributed by atoms with Crippen molar-refractivity contribution in [3.05, 3.63) is 41.3 Å². The van der Waals surface area contributed by atoms with E-state index in [1.165, 1.54) is 4.88 Å². The fraction of sp³-hybridized carbons (Fsp3) is 0.263. The Hall–Kier alpha value is -3.00. The molecule has 5 rings (SSSR count). The van der Waals surface area contributed by atoms with Crippen LogP contribution < -0.4 is 4.74 Å². The van der Waals surface area contributed by atoms with Gasteiger partial charge in [0.05, 0.1) is 12.3 Å². The Morgan fingerprint density at radius 1 is 1.22 bits per heavy atom. The molecule has 8 heteroatoms. The lowest BCUT2D eigenvalue weighted by Gasteiger charge is -2.08. The molecule has 0 aliphatic carbocycles. The van der Waals surface area contributed by atoms with E-state index >= 15 is 0 Å². The maximum atomic E-state index is 6.00. The maximum absolute atomic E-state index is 6.00. The molecule has 0 atom stereocenters. The topological polar surface area (TPSA) is 92.4 Å². The first-order chi connectivity index (χ1) is 13.2. The molecule has 0 saturated heterocycles. The van der Waals surface area contributed by atoms with Gasteiger partial charge in [-0.15, -0.1) is 11.3 Å². The maximum Gasteiger partial charge on any atom is 0.210 e. The van der Waals surface area contributed by atoms with Gasteiger partial charge >= 0.3 is 0 Å². The largest absolute Gasteiger partial charge is 0.492 e. The lowest BCUT2D eigenvalue weighted by molar-refractivity contribution is 0.327. The van der Waals surface area contributed by atoms with Gasteiger partial charge in [-0.1, -0.05) is 19.9 Å². The zero-order valence-electron chi connectivity index (χ0n) is 15.0. The second-order valence-electron chi connectivity index (χ2n) is 6.74. The van der Waals surface area contributed by atoms with Crippen LogP contribution in [0.1, 0.15) is 30.5 Å². The molecular weight excluding hydrogens is 360 g/mol. The minimum absolute atomic E-state index is 0.304.